The summed E-state index contributed by atoms with van der Waals surface area (Å²) in [5, 5.41) is 2.99. The summed E-state index contributed by atoms with van der Waals surface area (Å²) in [4.78, 5) is 0.860. The van der Waals surface area contributed by atoms with E-state index in [0.717, 1.165) is 22.6 Å². The monoisotopic (exact) mass is 155 g/mol. The van der Waals surface area contributed by atoms with Crippen LogP contribution in [0.5, 0.6) is 0 Å². The molecule has 1 aromatic rings. The normalized spacial score (nSPS) is 9.40. The van der Waals surface area contributed by atoms with Crippen molar-refractivity contribution in [1.82, 2.24) is 0 Å². The van der Waals surface area contributed by atoms with E-state index >= 15 is 0 Å². The van der Waals surface area contributed by atoms with Crippen LogP contribution in [0.3, 0.4) is 0 Å². The maximum atomic E-state index is 8.60. The van der Waals surface area contributed by atoms with Gasteiger partial charge in [-0.1, -0.05) is 0 Å². The lowest BCUT2D eigenvalue weighted by molar-refractivity contribution is 0.664. The van der Waals surface area contributed by atoms with E-state index in [-0.39, 0.29) is 0 Å². The van der Waals surface area contributed by atoms with Crippen LogP contribution in [-0.4, -0.2) is 11.6 Å². The zero-order valence-electron chi connectivity index (χ0n) is 5.66. The Hall–Kier alpha value is -0.670. The highest BCUT2D eigenvalue weighted by molar-refractivity contribution is 7.93. The van der Waals surface area contributed by atoms with E-state index < -0.39 is 0 Å². The Kier molecular flexibility index (Phi) is 2.59. The lowest BCUT2D eigenvalue weighted by Gasteiger charge is -1.98. The smallest absolute Gasteiger partial charge is 0.0352 e. The Morgan fingerprint density at radius 2 is 1.90 bits per heavy atom. The van der Waals surface area contributed by atoms with Crippen LogP contribution in [0.15, 0.2) is 29.2 Å². The van der Waals surface area contributed by atoms with Crippen molar-refractivity contribution in [2.24, 2.45) is 0 Å². The van der Waals surface area contributed by atoms with Gasteiger partial charge >= 0.3 is 0 Å². The molecule has 3 heteroatoms. The summed E-state index contributed by atoms with van der Waals surface area (Å²) in [6.45, 7) is 0. The molecule has 2 N–H and O–H groups in total. The quantitative estimate of drug-likeness (QED) is 0.643. The van der Waals surface area contributed by atoms with Crippen LogP contribution in [0, 0.1) is 0 Å². The van der Waals surface area contributed by atoms with Gasteiger partial charge in [0.25, 0.3) is 0 Å². The first-order valence-corrected chi connectivity index (χ1v) is 3.73. The van der Waals surface area contributed by atoms with Crippen molar-refractivity contribution < 1.29 is 4.55 Å². The molecule has 0 heterocycles. The third-order valence-electron chi connectivity index (χ3n) is 1.25. The van der Waals surface area contributed by atoms with Gasteiger partial charge in [-0.15, -0.1) is 0 Å². The first kappa shape index (κ1) is 7.44. The zero-order chi connectivity index (χ0) is 7.40. The van der Waals surface area contributed by atoms with Crippen molar-refractivity contribution in [3.8, 4) is 0 Å². The molecule has 1 aromatic carbocycles. The maximum Gasteiger partial charge on any atom is 0.0352 e. The third-order valence-corrected chi connectivity index (χ3v) is 1.73. The Bertz CT molecular complexity index is 174. The van der Waals surface area contributed by atoms with E-state index in [1.165, 1.54) is 0 Å². The summed E-state index contributed by atoms with van der Waals surface area (Å²) in [6, 6.07) is 7.55. The predicted octanol–water partition coefficient (Wildman–Crippen LogP) is 2.29. The Morgan fingerprint density at radius 3 is 2.30 bits per heavy atom. The average Bonchev–Trinajstić information content (AvgIpc) is 2.05. The summed E-state index contributed by atoms with van der Waals surface area (Å²) in [5.74, 6) is 0. The molecule has 0 unspecified atom stereocenters. The standard InChI is InChI=1S/C7H9NOS/c1-8-6-2-4-7(10-9)5-3-6/h2-5,8-9H,1H3. The van der Waals surface area contributed by atoms with E-state index in [1.807, 2.05) is 31.3 Å². The lowest BCUT2D eigenvalue weighted by atomic mass is 10.3. The predicted molar refractivity (Wildman–Crippen MR) is 44.5 cm³/mol. The molecule has 0 aliphatic heterocycles. The highest BCUT2D eigenvalue weighted by Crippen LogP contribution is 2.16. The molecule has 0 fully saturated rings. The lowest BCUT2D eigenvalue weighted by Crippen LogP contribution is -1.85. The first-order valence-electron chi connectivity index (χ1n) is 2.96. The van der Waals surface area contributed by atoms with Crippen molar-refractivity contribution >= 4 is 17.7 Å². The van der Waals surface area contributed by atoms with Crippen molar-refractivity contribution in [3.05, 3.63) is 24.3 Å². The fraction of sp³-hybridized carbons (Fsp3) is 0.143. The topological polar surface area (TPSA) is 32.3 Å². The van der Waals surface area contributed by atoms with Crippen LogP contribution >= 0.6 is 12.0 Å². The van der Waals surface area contributed by atoms with Crippen molar-refractivity contribution in [2.75, 3.05) is 12.4 Å². The molecule has 2 nitrogen and oxygen atoms in total. The van der Waals surface area contributed by atoms with Gasteiger partial charge in [-0.2, -0.15) is 0 Å². The molecule has 0 saturated heterocycles. The molecule has 0 atom stereocenters. The zero-order valence-corrected chi connectivity index (χ0v) is 6.48. The Morgan fingerprint density at radius 1 is 1.30 bits per heavy atom. The number of benzene rings is 1. The van der Waals surface area contributed by atoms with Crippen LogP contribution in [-0.2, 0) is 0 Å². The van der Waals surface area contributed by atoms with Gasteiger partial charge in [-0.3, -0.25) is 0 Å². The fourth-order valence-electron chi connectivity index (χ4n) is 0.682. The first-order chi connectivity index (χ1) is 4.86. The van der Waals surface area contributed by atoms with Gasteiger partial charge in [0.2, 0.25) is 0 Å². The Balaban J connectivity index is 2.80. The number of rotatable bonds is 2. The second-order valence-corrected chi connectivity index (χ2v) is 2.52. The number of hydrogen-bond donors (Lipinski definition) is 2. The van der Waals surface area contributed by atoms with Crippen molar-refractivity contribution in [1.29, 1.82) is 0 Å². The van der Waals surface area contributed by atoms with Crippen LogP contribution < -0.4 is 5.32 Å². The molecule has 0 spiro atoms. The summed E-state index contributed by atoms with van der Waals surface area (Å²) in [6.07, 6.45) is 0. The van der Waals surface area contributed by atoms with Gasteiger partial charge in [0.1, 0.15) is 0 Å². The van der Waals surface area contributed by atoms with Crippen LogP contribution in [0.1, 0.15) is 0 Å². The summed E-state index contributed by atoms with van der Waals surface area (Å²) in [7, 11) is 1.86. The van der Waals surface area contributed by atoms with Gasteiger partial charge in [-0.25, -0.2) is 0 Å². The number of anilines is 1. The van der Waals surface area contributed by atoms with Crippen molar-refractivity contribution in [3.63, 3.8) is 0 Å². The average molecular weight is 155 g/mol. The van der Waals surface area contributed by atoms with E-state index in [2.05, 4.69) is 5.32 Å². The second-order valence-electron chi connectivity index (χ2n) is 1.87. The summed E-state index contributed by atoms with van der Waals surface area (Å²) in [5.41, 5.74) is 1.05. The molecule has 1 rings (SSSR count). The highest BCUT2D eigenvalue weighted by Gasteiger charge is 1.89. The van der Waals surface area contributed by atoms with E-state index in [0.29, 0.717) is 0 Å². The molecule has 10 heavy (non-hydrogen) atoms. The molecule has 0 radical (unpaired) electrons. The highest BCUT2D eigenvalue weighted by atomic mass is 32.2. The second kappa shape index (κ2) is 3.49. The van der Waals surface area contributed by atoms with E-state index in [4.69, 9.17) is 4.55 Å². The number of nitrogens with one attached hydrogen (secondary N) is 1. The van der Waals surface area contributed by atoms with Gasteiger partial charge in [0, 0.05) is 29.7 Å². The minimum absolute atomic E-state index is 0.760. The minimum Gasteiger partial charge on any atom is -0.388 e. The van der Waals surface area contributed by atoms with Crippen molar-refractivity contribution in [2.45, 2.75) is 4.90 Å². The largest absolute Gasteiger partial charge is 0.388 e. The molecule has 0 aromatic heterocycles. The molecule has 0 bridgehead atoms. The molecule has 0 aliphatic carbocycles. The third kappa shape index (κ3) is 1.65. The van der Waals surface area contributed by atoms with E-state index in [1.54, 1.807) is 0 Å². The fourth-order valence-corrected chi connectivity index (χ4v) is 0.940. The van der Waals surface area contributed by atoms with E-state index in [9.17, 15) is 0 Å². The molecule has 0 saturated carbocycles. The SMILES string of the molecule is CNc1ccc(SO)cc1. The number of hydrogen-bond acceptors (Lipinski definition) is 3. The van der Waals surface area contributed by atoms with Crippen LogP contribution in [0.4, 0.5) is 5.69 Å². The van der Waals surface area contributed by atoms with Crippen LogP contribution in [0.25, 0.3) is 0 Å². The van der Waals surface area contributed by atoms with Gasteiger partial charge in [-0.05, 0) is 24.3 Å². The molecular weight excluding hydrogens is 146 g/mol. The molecule has 0 amide bonds. The Labute approximate surface area is 64.5 Å². The van der Waals surface area contributed by atoms with Crippen LogP contribution in [0.2, 0.25) is 0 Å². The van der Waals surface area contributed by atoms with Gasteiger partial charge in [0.15, 0.2) is 0 Å². The molecular formula is C7H9NOS. The minimum atomic E-state index is 0.760. The summed E-state index contributed by atoms with van der Waals surface area (Å²) >= 11 is 0.760. The molecule has 54 valence electrons. The summed E-state index contributed by atoms with van der Waals surface area (Å²) < 4.78 is 8.60. The maximum absolute atomic E-state index is 8.60. The molecule has 0 aliphatic rings. The van der Waals surface area contributed by atoms with Gasteiger partial charge in [0.05, 0.1) is 0 Å². The van der Waals surface area contributed by atoms with Gasteiger partial charge < -0.3 is 9.87 Å².